The van der Waals surface area contributed by atoms with Gasteiger partial charge >= 0.3 is 51.4 Å². The van der Waals surface area contributed by atoms with E-state index in [1.807, 2.05) is 0 Å². The van der Waals surface area contributed by atoms with Gasteiger partial charge in [-0.2, -0.15) is 8.42 Å². The molecule has 0 aliphatic carbocycles. The molecule has 5 heteroatoms. The summed E-state index contributed by atoms with van der Waals surface area (Å²) in [5, 5.41) is 0. The standard InChI is InChI=1S/C7H8O3S.K.H/c1-10-11(8,9)7-5-3-2-4-6-7;;/h2-6H,1H3;;/q;+1;-1. The molecule has 0 N–H and O–H groups in total. The largest absolute Gasteiger partial charge is 1.00 e. The zero-order chi connectivity index (χ0) is 8.32. The van der Waals surface area contributed by atoms with Gasteiger partial charge in [-0.25, -0.2) is 0 Å². The Morgan fingerprint density at radius 2 is 1.75 bits per heavy atom. The molecule has 1 aromatic carbocycles. The Labute approximate surface area is 116 Å². The fourth-order valence-corrected chi connectivity index (χ4v) is 1.37. The predicted molar refractivity (Wildman–Crippen MR) is 41.7 cm³/mol. The van der Waals surface area contributed by atoms with E-state index in [4.69, 9.17) is 0 Å². The van der Waals surface area contributed by atoms with Gasteiger partial charge in [0.25, 0.3) is 10.1 Å². The second kappa shape index (κ2) is 5.49. The molecule has 0 bridgehead atoms. The molecule has 0 heterocycles. The van der Waals surface area contributed by atoms with Gasteiger partial charge in [0.1, 0.15) is 0 Å². The number of rotatable bonds is 2. The first-order valence-corrected chi connectivity index (χ1v) is 4.43. The second-order valence-corrected chi connectivity index (χ2v) is 3.65. The van der Waals surface area contributed by atoms with Crippen LogP contribution in [0.1, 0.15) is 1.43 Å². The Balaban J connectivity index is 0. The Morgan fingerprint density at radius 3 is 2.17 bits per heavy atom. The summed E-state index contributed by atoms with van der Waals surface area (Å²) in [4.78, 5) is 0.183. The SMILES string of the molecule is COS(=O)(=O)c1ccccc1.[H-].[K+]. The van der Waals surface area contributed by atoms with Crippen LogP contribution in [0.25, 0.3) is 0 Å². The second-order valence-electron chi connectivity index (χ2n) is 1.93. The fraction of sp³-hybridized carbons (Fsp3) is 0.143. The number of hydrogen-bond acceptors (Lipinski definition) is 3. The zero-order valence-electron chi connectivity index (χ0n) is 8.02. The van der Waals surface area contributed by atoms with Crippen LogP contribution in [-0.2, 0) is 14.3 Å². The molecule has 0 aliphatic heterocycles. The van der Waals surface area contributed by atoms with Crippen LogP contribution in [0, 0.1) is 0 Å². The normalized spacial score (nSPS) is 10.4. The first-order valence-electron chi connectivity index (χ1n) is 3.02. The fourth-order valence-electron chi connectivity index (χ4n) is 0.683. The third-order valence-electron chi connectivity index (χ3n) is 1.25. The Morgan fingerprint density at radius 1 is 1.25 bits per heavy atom. The van der Waals surface area contributed by atoms with Crippen LogP contribution in [0.5, 0.6) is 0 Å². The van der Waals surface area contributed by atoms with Gasteiger partial charge < -0.3 is 1.43 Å². The van der Waals surface area contributed by atoms with E-state index >= 15 is 0 Å². The van der Waals surface area contributed by atoms with Crippen molar-refractivity contribution in [3.63, 3.8) is 0 Å². The van der Waals surface area contributed by atoms with E-state index in [0.717, 1.165) is 7.11 Å². The first-order chi connectivity index (χ1) is 5.17. The molecular weight excluding hydrogens is 203 g/mol. The van der Waals surface area contributed by atoms with Gasteiger partial charge in [-0.05, 0) is 12.1 Å². The maximum Gasteiger partial charge on any atom is 1.00 e. The predicted octanol–water partition coefficient (Wildman–Crippen LogP) is -1.86. The van der Waals surface area contributed by atoms with Crippen LogP contribution < -0.4 is 51.4 Å². The summed E-state index contributed by atoms with van der Waals surface area (Å²) in [7, 11) is -2.36. The third-order valence-corrected chi connectivity index (χ3v) is 2.54. The van der Waals surface area contributed by atoms with Crippen molar-refractivity contribution in [3.8, 4) is 0 Å². The third kappa shape index (κ3) is 3.25. The molecule has 0 saturated heterocycles. The van der Waals surface area contributed by atoms with E-state index in [1.54, 1.807) is 18.2 Å². The molecule has 0 amide bonds. The van der Waals surface area contributed by atoms with Gasteiger partial charge in [0.05, 0.1) is 12.0 Å². The Bertz CT molecular complexity index is 325. The summed E-state index contributed by atoms with van der Waals surface area (Å²) in [6, 6.07) is 8.00. The van der Waals surface area contributed by atoms with Gasteiger partial charge in [-0.3, -0.25) is 4.18 Å². The molecule has 62 valence electrons. The van der Waals surface area contributed by atoms with E-state index in [-0.39, 0.29) is 57.7 Å². The van der Waals surface area contributed by atoms with Crippen molar-refractivity contribution in [1.82, 2.24) is 0 Å². The zero-order valence-corrected chi connectivity index (χ0v) is 11.0. The van der Waals surface area contributed by atoms with Crippen LogP contribution in [0.2, 0.25) is 0 Å². The summed E-state index contributed by atoms with van der Waals surface area (Å²) in [6.07, 6.45) is 0. The Kier molecular flexibility index (Phi) is 5.84. The first kappa shape index (κ1) is 12.8. The van der Waals surface area contributed by atoms with Crippen molar-refractivity contribution in [2.45, 2.75) is 4.90 Å². The molecule has 0 aliphatic rings. The van der Waals surface area contributed by atoms with Crippen molar-refractivity contribution < 1.29 is 65.4 Å². The minimum absolute atomic E-state index is 0. The Hall–Kier alpha value is 0.766. The van der Waals surface area contributed by atoms with Crippen molar-refractivity contribution in [3.05, 3.63) is 30.3 Å². The topological polar surface area (TPSA) is 43.4 Å². The molecule has 0 atom stereocenters. The molecule has 0 spiro atoms. The molecule has 0 fully saturated rings. The van der Waals surface area contributed by atoms with Crippen LogP contribution in [-0.4, -0.2) is 15.5 Å². The van der Waals surface area contributed by atoms with Crippen LogP contribution in [0.15, 0.2) is 35.2 Å². The summed E-state index contributed by atoms with van der Waals surface area (Å²) in [5.74, 6) is 0. The summed E-state index contributed by atoms with van der Waals surface area (Å²) >= 11 is 0. The quantitative estimate of drug-likeness (QED) is 0.426. The molecule has 12 heavy (non-hydrogen) atoms. The van der Waals surface area contributed by atoms with Gasteiger partial charge in [-0.15, -0.1) is 0 Å². The maximum absolute atomic E-state index is 11.0. The molecule has 0 radical (unpaired) electrons. The monoisotopic (exact) mass is 212 g/mol. The number of benzene rings is 1. The minimum atomic E-state index is -3.50. The molecular formula is C7H9KO3S. The van der Waals surface area contributed by atoms with E-state index in [1.165, 1.54) is 12.1 Å². The van der Waals surface area contributed by atoms with Crippen LogP contribution in [0.3, 0.4) is 0 Å². The van der Waals surface area contributed by atoms with Crippen molar-refractivity contribution in [1.29, 1.82) is 0 Å². The van der Waals surface area contributed by atoms with Gasteiger partial charge in [0.2, 0.25) is 0 Å². The maximum atomic E-state index is 11.0. The van der Waals surface area contributed by atoms with Gasteiger partial charge in [0.15, 0.2) is 0 Å². The smallest absolute Gasteiger partial charge is 1.00 e. The average Bonchev–Trinajstić information content (AvgIpc) is 2.06. The van der Waals surface area contributed by atoms with Crippen molar-refractivity contribution >= 4 is 10.1 Å². The van der Waals surface area contributed by atoms with Crippen LogP contribution in [0.4, 0.5) is 0 Å². The minimum Gasteiger partial charge on any atom is -1.00 e. The average molecular weight is 212 g/mol. The van der Waals surface area contributed by atoms with E-state index in [0.29, 0.717) is 0 Å². The van der Waals surface area contributed by atoms with Crippen LogP contribution >= 0.6 is 0 Å². The van der Waals surface area contributed by atoms with E-state index < -0.39 is 10.1 Å². The van der Waals surface area contributed by atoms with E-state index in [9.17, 15) is 8.42 Å². The summed E-state index contributed by atoms with van der Waals surface area (Å²) in [6.45, 7) is 0. The molecule has 3 nitrogen and oxygen atoms in total. The van der Waals surface area contributed by atoms with Crippen molar-refractivity contribution in [2.24, 2.45) is 0 Å². The number of hydrogen-bond donors (Lipinski definition) is 0. The molecule has 0 aromatic heterocycles. The molecule has 1 aromatic rings. The van der Waals surface area contributed by atoms with Crippen molar-refractivity contribution in [2.75, 3.05) is 7.11 Å². The van der Waals surface area contributed by atoms with Gasteiger partial charge in [0, 0.05) is 0 Å². The van der Waals surface area contributed by atoms with E-state index in [2.05, 4.69) is 4.18 Å². The van der Waals surface area contributed by atoms with Gasteiger partial charge in [-0.1, -0.05) is 18.2 Å². The molecule has 0 saturated carbocycles. The molecule has 1 rings (SSSR count). The summed E-state index contributed by atoms with van der Waals surface area (Å²) < 4.78 is 26.3. The summed E-state index contributed by atoms with van der Waals surface area (Å²) in [5.41, 5.74) is 0. The molecule has 0 unspecified atom stereocenters.